The zero-order valence-electron chi connectivity index (χ0n) is 21.2. The first kappa shape index (κ1) is 27.8. The van der Waals surface area contributed by atoms with Crippen LogP contribution in [0.25, 0.3) is 6.08 Å². The number of furan rings is 1. The molecule has 0 saturated heterocycles. The van der Waals surface area contributed by atoms with Crippen LogP contribution < -0.4 is 5.32 Å². The number of amides is 1. The fourth-order valence-electron chi connectivity index (χ4n) is 3.75. The van der Waals surface area contributed by atoms with Gasteiger partial charge in [-0.25, -0.2) is 13.4 Å². The summed E-state index contributed by atoms with van der Waals surface area (Å²) in [6.07, 6.45) is 6.00. The van der Waals surface area contributed by atoms with Gasteiger partial charge in [-0.3, -0.25) is 4.79 Å². The van der Waals surface area contributed by atoms with Gasteiger partial charge in [0.05, 0.1) is 29.6 Å². The summed E-state index contributed by atoms with van der Waals surface area (Å²) in [6.45, 7) is 8.27. The zero-order valence-corrected chi connectivity index (χ0v) is 22.9. The molecular weight excluding hydrogens is 496 g/mol. The lowest BCUT2D eigenvalue weighted by molar-refractivity contribution is 0.0292. The SMILES string of the molecule is CCCC(CCNC(=O)c1sc(S(=O)(=O)/C(=C/c2ccoc2C)CC)nc1C)OCc1ccccc1. The van der Waals surface area contributed by atoms with Gasteiger partial charge in [0.2, 0.25) is 14.2 Å². The van der Waals surface area contributed by atoms with Crippen LogP contribution in [-0.2, 0) is 21.2 Å². The van der Waals surface area contributed by atoms with E-state index < -0.39 is 9.84 Å². The predicted molar refractivity (Wildman–Crippen MR) is 143 cm³/mol. The Kier molecular flexibility index (Phi) is 10.0. The van der Waals surface area contributed by atoms with Crippen LogP contribution >= 0.6 is 11.3 Å². The van der Waals surface area contributed by atoms with Crippen molar-refractivity contribution in [1.82, 2.24) is 10.3 Å². The third kappa shape index (κ3) is 7.15. The van der Waals surface area contributed by atoms with Gasteiger partial charge in [-0.05, 0) is 50.8 Å². The summed E-state index contributed by atoms with van der Waals surface area (Å²) in [5, 5.41) is 2.91. The van der Waals surface area contributed by atoms with Crippen LogP contribution in [0.1, 0.15) is 71.8 Å². The molecule has 1 unspecified atom stereocenters. The van der Waals surface area contributed by atoms with E-state index >= 15 is 0 Å². The number of nitrogens with zero attached hydrogens (tertiary/aromatic N) is 1. The van der Waals surface area contributed by atoms with Gasteiger partial charge in [0, 0.05) is 12.1 Å². The van der Waals surface area contributed by atoms with Crippen molar-refractivity contribution in [3.8, 4) is 0 Å². The molecule has 2 aromatic heterocycles. The Bertz CT molecular complexity index is 1280. The van der Waals surface area contributed by atoms with Gasteiger partial charge >= 0.3 is 0 Å². The summed E-state index contributed by atoms with van der Waals surface area (Å²) in [7, 11) is -3.83. The Morgan fingerprint density at radius 2 is 1.92 bits per heavy atom. The third-order valence-electron chi connectivity index (χ3n) is 5.81. The molecule has 0 aliphatic carbocycles. The number of sulfone groups is 1. The van der Waals surface area contributed by atoms with E-state index in [2.05, 4.69) is 17.2 Å². The molecule has 0 fully saturated rings. The second-order valence-electron chi connectivity index (χ2n) is 8.55. The van der Waals surface area contributed by atoms with Crippen LogP contribution in [0.15, 0.2) is 56.3 Å². The van der Waals surface area contributed by atoms with E-state index in [1.807, 2.05) is 30.3 Å². The van der Waals surface area contributed by atoms with Gasteiger partial charge < -0.3 is 14.5 Å². The lowest BCUT2D eigenvalue weighted by Crippen LogP contribution is -2.28. The highest BCUT2D eigenvalue weighted by molar-refractivity contribution is 7.97. The van der Waals surface area contributed by atoms with Crippen molar-refractivity contribution in [3.05, 3.63) is 75.0 Å². The highest BCUT2D eigenvalue weighted by atomic mass is 32.2. The molecule has 1 aromatic carbocycles. The van der Waals surface area contributed by atoms with Gasteiger partial charge in [-0.1, -0.05) is 61.9 Å². The molecule has 3 rings (SSSR count). The molecule has 0 aliphatic rings. The summed E-state index contributed by atoms with van der Waals surface area (Å²) < 4.78 is 37.8. The Morgan fingerprint density at radius 3 is 2.56 bits per heavy atom. The fourth-order valence-corrected chi connectivity index (χ4v) is 6.61. The molecule has 3 aromatic rings. The molecule has 194 valence electrons. The summed E-state index contributed by atoms with van der Waals surface area (Å²) >= 11 is 0.905. The number of carbonyl (C=O) groups excluding carboxylic acids is 1. The minimum absolute atomic E-state index is 0.0256. The number of allylic oxidation sites excluding steroid dienone is 1. The molecule has 0 bridgehead atoms. The molecule has 0 aliphatic heterocycles. The number of aryl methyl sites for hydroxylation is 2. The summed E-state index contributed by atoms with van der Waals surface area (Å²) in [4.78, 5) is 17.6. The molecule has 1 amide bonds. The van der Waals surface area contributed by atoms with Crippen LogP contribution in [0.5, 0.6) is 0 Å². The molecule has 36 heavy (non-hydrogen) atoms. The largest absolute Gasteiger partial charge is 0.469 e. The second kappa shape index (κ2) is 13.0. The Balaban J connectivity index is 1.64. The quantitative estimate of drug-likeness (QED) is 0.287. The third-order valence-corrected chi connectivity index (χ3v) is 9.32. The summed E-state index contributed by atoms with van der Waals surface area (Å²) in [6, 6.07) is 11.7. The minimum atomic E-state index is -3.83. The topological polar surface area (TPSA) is 98.5 Å². The number of hydrogen-bond donors (Lipinski definition) is 1. The number of hydrogen-bond acceptors (Lipinski definition) is 7. The van der Waals surface area contributed by atoms with E-state index in [1.165, 1.54) is 6.26 Å². The smallest absolute Gasteiger partial charge is 0.263 e. The lowest BCUT2D eigenvalue weighted by atomic mass is 10.1. The number of thiazole rings is 1. The summed E-state index contributed by atoms with van der Waals surface area (Å²) in [5.74, 6) is 0.318. The maximum atomic E-state index is 13.3. The Labute approximate surface area is 217 Å². The molecule has 0 spiro atoms. The molecule has 0 saturated carbocycles. The predicted octanol–water partition coefficient (Wildman–Crippen LogP) is 6.08. The van der Waals surface area contributed by atoms with Gasteiger partial charge in [0.15, 0.2) is 0 Å². The Morgan fingerprint density at radius 1 is 1.17 bits per heavy atom. The average Bonchev–Trinajstić information content (AvgIpc) is 3.46. The highest BCUT2D eigenvalue weighted by Gasteiger charge is 2.27. The molecule has 7 nitrogen and oxygen atoms in total. The number of ether oxygens (including phenoxy) is 1. The van der Waals surface area contributed by atoms with E-state index in [4.69, 9.17) is 9.15 Å². The average molecular weight is 531 g/mol. The van der Waals surface area contributed by atoms with Gasteiger partial charge in [-0.2, -0.15) is 0 Å². The Hall–Kier alpha value is -2.75. The van der Waals surface area contributed by atoms with E-state index in [9.17, 15) is 13.2 Å². The van der Waals surface area contributed by atoms with Crippen LogP contribution in [0.3, 0.4) is 0 Å². The van der Waals surface area contributed by atoms with Crippen molar-refractivity contribution < 1.29 is 22.4 Å². The highest BCUT2D eigenvalue weighted by Crippen LogP contribution is 2.30. The fraction of sp³-hybridized carbons (Fsp3) is 0.407. The second-order valence-corrected chi connectivity index (χ2v) is 11.7. The normalized spacial score (nSPS) is 13.1. The standard InChI is InChI=1S/C27H34N2O5S2/c1-5-10-23(34-18-21-11-8-7-9-12-21)13-15-28-26(30)25-19(3)29-27(35-25)36(31,32)24(6-2)17-22-14-16-33-20(22)4/h7-9,11-12,14,16-17,23H,5-6,10,13,15,18H2,1-4H3,(H,28,30)/b24-17+. The van der Waals surface area contributed by atoms with Crippen molar-refractivity contribution in [3.63, 3.8) is 0 Å². The molecule has 0 radical (unpaired) electrons. The number of carbonyl (C=O) groups is 1. The van der Waals surface area contributed by atoms with Crippen LogP contribution in [0, 0.1) is 13.8 Å². The van der Waals surface area contributed by atoms with Crippen molar-refractivity contribution >= 4 is 33.2 Å². The van der Waals surface area contributed by atoms with E-state index in [0.717, 1.165) is 29.7 Å². The van der Waals surface area contributed by atoms with E-state index in [1.54, 1.807) is 32.9 Å². The number of nitrogens with one attached hydrogen (secondary N) is 1. The van der Waals surface area contributed by atoms with Crippen molar-refractivity contribution in [2.75, 3.05) is 6.54 Å². The van der Waals surface area contributed by atoms with Crippen LogP contribution in [0.4, 0.5) is 0 Å². The molecule has 9 heteroatoms. The minimum Gasteiger partial charge on any atom is -0.469 e. The van der Waals surface area contributed by atoms with Gasteiger partial charge in [-0.15, -0.1) is 0 Å². The molecular formula is C27H34N2O5S2. The maximum absolute atomic E-state index is 13.3. The first-order valence-corrected chi connectivity index (χ1v) is 14.5. The molecule has 1 N–H and O–H groups in total. The van der Waals surface area contributed by atoms with Crippen LogP contribution in [0.2, 0.25) is 0 Å². The lowest BCUT2D eigenvalue weighted by Gasteiger charge is -2.17. The van der Waals surface area contributed by atoms with Crippen LogP contribution in [-0.4, -0.2) is 32.0 Å². The number of aromatic nitrogens is 1. The number of rotatable bonds is 13. The first-order valence-electron chi connectivity index (χ1n) is 12.2. The number of benzene rings is 1. The van der Waals surface area contributed by atoms with Crippen molar-refractivity contribution in [1.29, 1.82) is 0 Å². The monoisotopic (exact) mass is 530 g/mol. The summed E-state index contributed by atoms with van der Waals surface area (Å²) in [5.41, 5.74) is 2.22. The van der Waals surface area contributed by atoms with Gasteiger partial charge in [0.25, 0.3) is 5.91 Å². The van der Waals surface area contributed by atoms with E-state index in [-0.39, 0.29) is 21.3 Å². The first-order chi connectivity index (χ1) is 17.3. The van der Waals surface area contributed by atoms with E-state index in [0.29, 0.717) is 47.9 Å². The molecule has 2 heterocycles. The van der Waals surface area contributed by atoms with Crippen molar-refractivity contribution in [2.45, 2.75) is 70.4 Å². The molecule has 1 atom stereocenters. The zero-order chi connectivity index (χ0) is 26.1. The van der Waals surface area contributed by atoms with Gasteiger partial charge in [0.1, 0.15) is 10.6 Å². The van der Waals surface area contributed by atoms with Crippen molar-refractivity contribution in [2.24, 2.45) is 0 Å². The maximum Gasteiger partial charge on any atom is 0.263 e.